The van der Waals surface area contributed by atoms with E-state index >= 15 is 0 Å². The molecule has 0 atom stereocenters. The van der Waals surface area contributed by atoms with E-state index in [0.29, 0.717) is 13.2 Å². The number of imidazole rings is 1. The largest absolute Gasteiger partial charge is 0.460 e. The van der Waals surface area contributed by atoms with Gasteiger partial charge in [0.05, 0.1) is 19.5 Å². The van der Waals surface area contributed by atoms with Gasteiger partial charge in [-0.05, 0) is 0 Å². The highest BCUT2D eigenvalue weighted by Gasteiger charge is 2.15. The van der Waals surface area contributed by atoms with Crippen molar-refractivity contribution in [2.45, 2.75) is 0 Å². The molecular formula is C10H16N4O3. The smallest absolute Gasteiger partial charge is 0.358 e. The zero-order valence-electron chi connectivity index (χ0n) is 9.52. The van der Waals surface area contributed by atoms with E-state index in [9.17, 15) is 4.79 Å². The Hall–Kier alpha value is -1.60. The minimum Gasteiger partial charge on any atom is -0.460 e. The molecule has 0 unspecified atom stereocenters. The summed E-state index contributed by atoms with van der Waals surface area (Å²) in [5.74, 6) is -0.297. The van der Waals surface area contributed by atoms with E-state index in [1.165, 1.54) is 6.33 Å². The van der Waals surface area contributed by atoms with Crippen molar-refractivity contribution >= 4 is 11.8 Å². The molecule has 0 bridgehead atoms. The normalized spacial score (nSPS) is 16.9. The van der Waals surface area contributed by atoms with Crippen molar-refractivity contribution in [2.75, 3.05) is 45.2 Å². The van der Waals surface area contributed by atoms with Gasteiger partial charge in [0, 0.05) is 19.6 Å². The molecule has 2 rings (SSSR count). The quantitative estimate of drug-likeness (QED) is 0.688. The number of aromatic amines is 1. The first kappa shape index (κ1) is 11.9. The molecular weight excluding hydrogens is 224 g/mol. The molecule has 1 aromatic rings. The van der Waals surface area contributed by atoms with Crippen LogP contribution in [0.25, 0.3) is 0 Å². The van der Waals surface area contributed by atoms with Gasteiger partial charge < -0.3 is 20.2 Å². The first-order chi connectivity index (χ1) is 8.27. The average molecular weight is 240 g/mol. The summed E-state index contributed by atoms with van der Waals surface area (Å²) < 4.78 is 10.3. The number of nitrogens with one attached hydrogen (secondary N) is 1. The van der Waals surface area contributed by atoms with E-state index in [0.717, 1.165) is 26.3 Å². The van der Waals surface area contributed by atoms with Crippen LogP contribution in [0.4, 0.5) is 5.82 Å². The first-order valence-electron chi connectivity index (χ1n) is 5.53. The van der Waals surface area contributed by atoms with Crippen molar-refractivity contribution in [3.63, 3.8) is 0 Å². The average Bonchev–Trinajstić information content (AvgIpc) is 2.77. The minimum atomic E-state index is -0.465. The highest BCUT2D eigenvalue weighted by Crippen LogP contribution is 2.05. The lowest BCUT2D eigenvalue weighted by atomic mass is 10.4. The van der Waals surface area contributed by atoms with Crippen molar-refractivity contribution in [1.82, 2.24) is 14.9 Å². The van der Waals surface area contributed by atoms with E-state index in [1.54, 1.807) is 0 Å². The van der Waals surface area contributed by atoms with E-state index in [-0.39, 0.29) is 11.5 Å². The number of nitrogens with zero attached hydrogens (tertiary/aromatic N) is 2. The number of ether oxygens (including phenoxy) is 2. The lowest BCUT2D eigenvalue weighted by Crippen LogP contribution is -2.38. The van der Waals surface area contributed by atoms with E-state index in [2.05, 4.69) is 14.9 Å². The van der Waals surface area contributed by atoms with Crippen molar-refractivity contribution < 1.29 is 14.3 Å². The third-order valence-corrected chi connectivity index (χ3v) is 2.62. The van der Waals surface area contributed by atoms with Crippen LogP contribution in [0.5, 0.6) is 0 Å². The number of rotatable bonds is 4. The molecule has 1 aliphatic heterocycles. The molecule has 1 aliphatic rings. The molecule has 1 aromatic heterocycles. The molecule has 1 saturated heterocycles. The summed E-state index contributed by atoms with van der Waals surface area (Å²) in [5.41, 5.74) is 5.70. The number of morpholine rings is 1. The summed E-state index contributed by atoms with van der Waals surface area (Å²) >= 11 is 0. The topological polar surface area (TPSA) is 93.5 Å². The van der Waals surface area contributed by atoms with E-state index in [4.69, 9.17) is 15.2 Å². The lowest BCUT2D eigenvalue weighted by Gasteiger charge is -2.26. The van der Waals surface area contributed by atoms with E-state index < -0.39 is 5.97 Å². The van der Waals surface area contributed by atoms with Crippen LogP contribution in [0.2, 0.25) is 0 Å². The van der Waals surface area contributed by atoms with Gasteiger partial charge in [0.25, 0.3) is 0 Å². The third kappa shape index (κ3) is 3.18. The zero-order valence-corrected chi connectivity index (χ0v) is 9.52. The SMILES string of the molecule is Nc1nc[nH]c1C(=O)OCCN1CCOCC1. The van der Waals surface area contributed by atoms with Crippen LogP contribution in [0.1, 0.15) is 10.5 Å². The molecule has 94 valence electrons. The van der Waals surface area contributed by atoms with Gasteiger partial charge in [-0.3, -0.25) is 4.90 Å². The van der Waals surface area contributed by atoms with Gasteiger partial charge in [0.15, 0.2) is 11.5 Å². The van der Waals surface area contributed by atoms with Crippen molar-refractivity contribution in [3.8, 4) is 0 Å². The van der Waals surface area contributed by atoms with E-state index in [1.807, 2.05) is 0 Å². The van der Waals surface area contributed by atoms with Crippen LogP contribution in [0.15, 0.2) is 6.33 Å². The summed E-state index contributed by atoms with van der Waals surface area (Å²) in [5, 5.41) is 0. The summed E-state index contributed by atoms with van der Waals surface area (Å²) in [6.07, 6.45) is 1.37. The predicted molar refractivity (Wildman–Crippen MR) is 60.5 cm³/mol. The van der Waals surface area contributed by atoms with Crippen molar-refractivity contribution in [2.24, 2.45) is 0 Å². The monoisotopic (exact) mass is 240 g/mol. The maximum Gasteiger partial charge on any atom is 0.358 e. The first-order valence-corrected chi connectivity index (χ1v) is 5.53. The standard InChI is InChI=1S/C10H16N4O3/c11-9-8(12-7-13-9)10(15)17-6-3-14-1-4-16-5-2-14/h7H,1-6,11H2,(H,12,13). The van der Waals surface area contributed by atoms with Crippen LogP contribution >= 0.6 is 0 Å². The Morgan fingerprint density at radius 2 is 2.35 bits per heavy atom. The van der Waals surface area contributed by atoms with Crippen LogP contribution < -0.4 is 5.73 Å². The van der Waals surface area contributed by atoms with Gasteiger partial charge in [-0.2, -0.15) is 0 Å². The number of esters is 1. The fourth-order valence-corrected chi connectivity index (χ4v) is 1.63. The van der Waals surface area contributed by atoms with Gasteiger partial charge in [0.2, 0.25) is 0 Å². The number of hydrogen-bond donors (Lipinski definition) is 2. The predicted octanol–water partition coefficient (Wildman–Crippen LogP) is -0.519. The number of hydrogen-bond acceptors (Lipinski definition) is 6. The maximum absolute atomic E-state index is 11.6. The molecule has 0 saturated carbocycles. The Morgan fingerprint density at radius 1 is 1.59 bits per heavy atom. The lowest BCUT2D eigenvalue weighted by molar-refractivity contribution is 0.0194. The summed E-state index contributed by atoms with van der Waals surface area (Å²) in [6.45, 7) is 4.29. The molecule has 0 aliphatic carbocycles. The molecule has 0 radical (unpaired) electrons. The molecule has 7 heteroatoms. The Kier molecular flexibility index (Phi) is 3.94. The maximum atomic E-state index is 11.6. The number of H-pyrrole nitrogens is 1. The van der Waals surface area contributed by atoms with Crippen LogP contribution in [-0.4, -0.2) is 60.3 Å². The Bertz CT molecular complexity index is 373. The van der Waals surface area contributed by atoms with Gasteiger partial charge >= 0.3 is 5.97 Å². The Balaban J connectivity index is 1.71. The molecule has 2 heterocycles. The summed E-state index contributed by atoms with van der Waals surface area (Å²) in [7, 11) is 0. The number of nitrogens with two attached hydrogens (primary N) is 1. The summed E-state index contributed by atoms with van der Waals surface area (Å²) in [6, 6.07) is 0. The number of nitrogen functional groups attached to an aromatic ring is 1. The Labute approximate surface area is 98.9 Å². The van der Waals surface area contributed by atoms with Crippen LogP contribution in [0.3, 0.4) is 0 Å². The second-order valence-electron chi connectivity index (χ2n) is 3.75. The highest BCUT2D eigenvalue weighted by molar-refractivity contribution is 5.91. The molecule has 17 heavy (non-hydrogen) atoms. The van der Waals surface area contributed by atoms with Gasteiger partial charge in [-0.15, -0.1) is 0 Å². The summed E-state index contributed by atoms with van der Waals surface area (Å²) in [4.78, 5) is 20.1. The zero-order chi connectivity index (χ0) is 12.1. The second-order valence-corrected chi connectivity index (χ2v) is 3.75. The number of anilines is 1. The highest BCUT2D eigenvalue weighted by atomic mass is 16.5. The molecule has 1 fully saturated rings. The fourth-order valence-electron chi connectivity index (χ4n) is 1.63. The van der Waals surface area contributed by atoms with Gasteiger partial charge in [-0.1, -0.05) is 0 Å². The number of carbonyl (C=O) groups excluding carboxylic acids is 1. The van der Waals surface area contributed by atoms with Gasteiger partial charge in [0.1, 0.15) is 6.61 Å². The van der Waals surface area contributed by atoms with Crippen LogP contribution in [-0.2, 0) is 9.47 Å². The number of aromatic nitrogens is 2. The van der Waals surface area contributed by atoms with Crippen LogP contribution in [0, 0.1) is 0 Å². The second kappa shape index (κ2) is 5.65. The number of carbonyl (C=O) groups is 1. The Morgan fingerprint density at radius 3 is 3.00 bits per heavy atom. The molecule has 3 N–H and O–H groups in total. The van der Waals surface area contributed by atoms with Crippen molar-refractivity contribution in [3.05, 3.63) is 12.0 Å². The van der Waals surface area contributed by atoms with Crippen molar-refractivity contribution in [1.29, 1.82) is 0 Å². The third-order valence-electron chi connectivity index (χ3n) is 2.62. The fraction of sp³-hybridized carbons (Fsp3) is 0.600. The molecule has 0 spiro atoms. The minimum absolute atomic E-state index is 0.168. The molecule has 7 nitrogen and oxygen atoms in total. The van der Waals surface area contributed by atoms with Gasteiger partial charge in [-0.25, -0.2) is 9.78 Å². The molecule has 0 aromatic carbocycles. The molecule has 0 amide bonds.